The molecule has 24 heavy (non-hydrogen) atoms. The summed E-state index contributed by atoms with van der Waals surface area (Å²) in [5, 5.41) is 13.5. The van der Waals surface area contributed by atoms with Crippen molar-refractivity contribution < 1.29 is 19.2 Å². The molecule has 2 aromatic rings. The Morgan fingerprint density at radius 3 is 2.79 bits per heavy atom. The average Bonchev–Trinajstić information content (AvgIpc) is 3.06. The van der Waals surface area contributed by atoms with Gasteiger partial charge in [-0.05, 0) is 25.0 Å². The van der Waals surface area contributed by atoms with Crippen molar-refractivity contribution in [1.82, 2.24) is 5.16 Å². The van der Waals surface area contributed by atoms with Gasteiger partial charge in [0.05, 0.1) is 0 Å². The summed E-state index contributed by atoms with van der Waals surface area (Å²) in [6.45, 7) is 1.50. The number of hydrogen-bond donors (Lipinski definition) is 1. The van der Waals surface area contributed by atoms with E-state index in [9.17, 15) is 4.79 Å². The Bertz CT molecular complexity index is 781. The van der Waals surface area contributed by atoms with Crippen molar-refractivity contribution >= 4 is 23.4 Å². The van der Waals surface area contributed by atoms with Crippen molar-refractivity contribution in [1.29, 1.82) is 0 Å². The summed E-state index contributed by atoms with van der Waals surface area (Å²) in [7, 11) is 0. The molecule has 1 N–H and O–H groups in total. The van der Waals surface area contributed by atoms with Gasteiger partial charge < -0.3 is 19.3 Å². The lowest BCUT2D eigenvalue weighted by molar-refractivity contribution is 0.0224. The Morgan fingerprint density at radius 1 is 1.29 bits per heavy atom. The van der Waals surface area contributed by atoms with Gasteiger partial charge in [0.15, 0.2) is 5.82 Å². The van der Waals surface area contributed by atoms with E-state index in [0.29, 0.717) is 5.82 Å². The average molecular weight is 349 g/mol. The number of aromatic nitrogens is 1. The maximum Gasteiger partial charge on any atom is 0.374 e. The zero-order valence-electron chi connectivity index (χ0n) is 13.0. The fourth-order valence-electron chi connectivity index (χ4n) is 3.53. The van der Waals surface area contributed by atoms with Crippen LogP contribution in [-0.2, 0) is 6.42 Å². The molecule has 6 nitrogen and oxygen atoms in total. The second kappa shape index (κ2) is 5.70. The van der Waals surface area contributed by atoms with Crippen LogP contribution >= 0.6 is 11.6 Å². The lowest BCUT2D eigenvalue weighted by Gasteiger charge is -2.44. The van der Waals surface area contributed by atoms with Gasteiger partial charge in [-0.1, -0.05) is 22.8 Å². The molecule has 1 aromatic carbocycles. The molecule has 0 amide bonds. The Hall–Kier alpha value is -2.21. The quantitative estimate of drug-likeness (QED) is 0.896. The van der Waals surface area contributed by atoms with Crippen LogP contribution < -0.4 is 9.64 Å². The van der Waals surface area contributed by atoms with Crippen molar-refractivity contribution in [2.75, 3.05) is 18.0 Å². The van der Waals surface area contributed by atoms with Crippen LogP contribution in [-0.4, -0.2) is 34.9 Å². The monoisotopic (exact) mass is 348 g/mol. The predicted octanol–water partition coefficient (Wildman–Crippen LogP) is 3.39. The number of rotatable bonds is 2. The van der Waals surface area contributed by atoms with Crippen LogP contribution in [0.1, 0.15) is 35.4 Å². The van der Waals surface area contributed by atoms with E-state index in [0.717, 1.165) is 55.1 Å². The highest BCUT2D eigenvalue weighted by atomic mass is 35.5. The highest BCUT2D eigenvalue weighted by Gasteiger charge is 2.40. The van der Waals surface area contributed by atoms with Crippen LogP contribution in [0.3, 0.4) is 0 Å². The highest BCUT2D eigenvalue weighted by Crippen LogP contribution is 2.42. The summed E-state index contributed by atoms with van der Waals surface area (Å²) in [4.78, 5) is 12.9. The molecular weight excluding hydrogens is 332 g/mol. The number of carboxylic acid groups (broad SMARTS) is 1. The fraction of sp³-hybridized carbons (Fsp3) is 0.412. The minimum absolute atomic E-state index is 0.136. The first-order chi connectivity index (χ1) is 11.6. The Balaban J connectivity index is 1.47. The molecule has 1 saturated heterocycles. The van der Waals surface area contributed by atoms with Crippen molar-refractivity contribution in [3.63, 3.8) is 0 Å². The molecular formula is C17H17ClN2O4. The van der Waals surface area contributed by atoms with Crippen LogP contribution in [0.25, 0.3) is 0 Å². The zero-order valence-corrected chi connectivity index (χ0v) is 13.8. The normalized spacial score (nSPS) is 19.0. The number of carbonyl (C=O) groups is 1. The lowest BCUT2D eigenvalue weighted by Crippen LogP contribution is -2.50. The lowest BCUT2D eigenvalue weighted by atomic mass is 9.83. The topological polar surface area (TPSA) is 75.8 Å². The molecule has 0 bridgehead atoms. The molecule has 1 fully saturated rings. The van der Waals surface area contributed by atoms with Gasteiger partial charge in [0.1, 0.15) is 11.4 Å². The van der Waals surface area contributed by atoms with Gasteiger partial charge in [-0.25, -0.2) is 4.79 Å². The first-order valence-corrected chi connectivity index (χ1v) is 8.35. The van der Waals surface area contributed by atoms with Gasteiger partial charge in [0, 0.05) is 42.6 Å². The number of piperidine rings is 1. The number of hydrogen-bond acceptors (Lipinski definition) is 5. The third-order valence-corrected chi connectivity index (χ3v) is 5.29. The smallest absolute Gasteiger partial charge is 0.374 e. The van der Waals surface area contributed by atoms with E-state index in [-0.39, 0.29) is 11.4 Å². The Kier molecular flexibility index (Phi) is 3.64. The predicted molar refractivity (Wildman–Crippen MR) is 88.0 cm³/mol. The van der Waals surface area contributed by atoms with Crippen molar-refractivity contribution in [3.8, 4) is 5.75 Å². The third kappa shape index (κ3) is 2.60. The van der Waals surface area contributed by atoms with E-state index < -0.39 is 5.97 Å². The highest BCUT2D eigenvalue weighted by molar-refractivity contribution is 6.31. The zero-order chi connectivity index (χ0) is 16.7. The minimum Gasteiger partial charge on any atom is -0.487 e. The number of benzene rings is 1. The van der Waals surface area contributed by atoms with Gasteiger partial charge in [0.25, 0.3) is 0 Å². The van der Waals surface area contributed by atoms with Gasteiger partial charge in [0.2, 0.25) is 5.76 Å². The van der Waals surface area contributed by atoms with Crippen molar-refractivity contribution in [3.05, 3.63) is 40.6 Å². The second-order valence-corrected chi connectivity index (χ2v) is 6.75. The van der Waals surface area contributed by atoms with Crippen LogP contribution in [0.5, 0.6) is 5.75 Å². The Labute approximate surface area is 143 Å². The summed E-state index contributed by atoms with van der Waals surface area (Å²) < 4.78 is 11.2. The first kappa shape index (κ1) is 15.3. The second-order valence-electron chi connectivity index (χ2n) is 6.34. The van der Waals surface area contributed by atoms with Crippen molar-refractivity contribution in [2.24, 2.45) is 0 Å². The number of ether oxygens (including phenoxy) is 1. The summed E-state index contributed by atoms with van der Waals surface area (Å²) in [6.07, 6.45) is 3.57. The van der Waals surface area contributed by atoms with E-state index in [1.54, 1.807) is 0 Å². The Morgan fingerprint density at radius 2 is 2.08 bits per heavy atom. The van der Waals surface area contributed by atoms with Crippen LogP contribution in [0.15, 0.2) is 28.8 Å². The molecule has 0 atom stereocenters. The summed E-state index contributed by atoms with van der Waals surface area (Å²) in [5.41, 5.74) is 0.919. The summed E-state index contributed by atoms with van der Waals surface area (Å²) in [5.74, 6) is 0.215. The van der Waals surface area contributed by atoms with E-state index in [1.807, 2.05) is 23.1 Å². The SMILES string of the molecule is O=C(O)c1cc(N2CCC3(CCc4c(Cl)cccc4O3)CC2)no1. The molecule has 3 heterocycles. The van der Waals surface area contributed by atoms with Gasteiger partial charge in [-0.3, -0.25) is 0 Å². The van der Waals surface area contributed by atoms with Crippen LogP contribution in [0, 0.1) is 0 Å². The maximum atomic E-state index is 10.9. The molecule has 1 spiro atoms. The fourth-order valence-corrected chi connectivity index (χ4v) is 3.79. The number of fused-ring (bicyclic) bond motifs is 1. The molecule has 4 rings (SSSR count). The van der Waals surface area contributed by atoms with E-state index >= 15 is 0 Å². The van der Waals surface area contributed by atoms with Gasteiger partial charge >= 0.3 is 5.97 Å². The summed E-state index contributed by atoms with van der Waals surface area (Å²) in [6, 6.07) is 7.26. The van der Waals surface area contributed by atoms with E-state index in [4.69, 9.17) is 26.0 Å². The number of anilines is 1. The standard InChI is InChI=1S/C17H17ClN2O4/c18-12-2-1-3-13-11(12)4-5-17(23-13)6-8-20(9-7-17)15-10-14(16(21)22)24-19-15/h1-3,10H,4-9H2,(H,21,22). The van der Waals surface area contributed by atoms with Crippen LogP contribution in [0.4, 0.5) is 5.82 Å². The molecule has 0 unspecified atom stereocenters. The molecule has 0 radical (unpaired) electrons. The molecule has 7 heteroatoms. The summed E-state index contributed by atoms with van der Waals surface area (Å²) >= 11 is 6.25. The third-order valence-electron chi connectivity index (χ3n) is 4.94. The molecule has 1 aromatic heterocycles. The number of halogens is 1. The van der Waals surface area contributed by atoms with E-state index in [2.05, 4.69) is 5.16 Å². The largest absolute Gasteiger partial charge is 0.487 e. The molecule has 0 saturated carbocycles. The number of nitrogens with zero attached hydrogens (tertiary/aromatic N) is 2. The number of carboxylic acids is 1. The minimum atomic E-state index is -1.11. The molecule has 2 aliphatic heterocycles. The molecule has 126 valence electrons. The van der Waals surface area contributed by atoms with Crippen LogP contribution in [0.2, 0.25) is 5.02 Å². The maximum absolute atomic E-state index is 10.9. The van der Waals surface area contributed by atoms with E-state index in [1.165, 1.54) is 6.07 Å². The molecule has 2 aliphatic rings. The number of aromatic carboxylic acids is 1. The van der Waals surface area contributed by atoms with Gasteiger partial charge in [-0.15, -0.1) is 0 Å². The first-order valence-electron chi connectivity index (χ1n) is 7.98. The van der Waals surface area contributed by atoms with Gasteiger partial charge in [-0.2, -0.15) is 0 Å². The molecule has 0 aliphatic carbocycles. The van der Waals surface area contributed by atoms with Crippen molar-refractivity contribution in [2.45, 2.75) is 31.3 Å².